The van der Waals surface area contributed by atoms with E-state index in [1.165, 1.54) is 4.90 Å². The number of hydrogen-bond donors (Lipinski definition) is 0. The predicted molar refractivity (Wildman–Crippen MR) is 108 cm³/mol. The third-order valence-corrected chi connectivity index (χ3v) is 5.69. The molecule has 3 rings (SSSR count). The Morgan fingerprint density at radius 1 is 1.23 bits per heavy atom. The zero-order valence-electron chi connectivity index (χ0n) is 15.0. The molecule has 4 nitrogen and oxygen atoms in total. The molecule has 1 aromatic carbocycles. The maximum Gasteiger partial charge on any atom is 0.293 e. The van der Waals surface area contributed by atoms with E-state index < -0.39 is 0 Å². The van der Waals surface area contributed by atoms with Gasteiger partial charge in [-0.05, 0) is 70.3 Å². The number of carbonyl (C=O) groups is 2. The number of imide groups is 1. The van der Waals surface area contributed by atoms with Crippen LogP contribution in [0.2, 0.25) is 0 Å². The van der Waals surface area contributed by atoms with Crippen molar-refractivity contribution in [2.75, 3.05) is 13.2 Å². The van der Waals surface area contributed by atoms with Crippen molar-refractivity contribution in [2.45, 2.75) is 26.7 Å². The van der Waals surface area contributed by atoms with Gasteiger partial charge in [-0.25, -0.2) is 0 Å². The molecular formula is C20H21NO3S2. The Kier molecular flexibility index (Phi) is 5.84. The Labute approximate surface area is 161 Å². The Hall–Kier alpha value is -2.05. The standard InChI is InChI=1S/C20H21NO3S2/c1-13(2)16-5-4-14(3)10-17(16)24-8-7-21-19(22)18(26-20(21)23)11-15-6-9-25-12-15/h4-6,9-13H,7-8H2,1-3H3/b18-11-. The summed E-state index contributed by atoms with van der Waals surface area (Å²) < 4.78 is 5.91. The Bertz CT molecular complexity index is 841. The summed E-state index contributed by atoms with van der Waals surface area (Å²) in [6.07, 6.45) is 1.76. The number of nitrogens with zero attached hydrogens (tertiary/aromatic N) is 1. The summed E-state index contributed by atoms with van der Waals surface area (Å²) in [6.45, 7) is 6.78. The van der Waals surface area contributed by atoms with Crippen LogP contribution in [-0.4, -0.2) is 29.2 Å². The highest BCUT2D eigenvalue weighted by atomic mass is 32.2. The van der Waals surface area contributed by atoms with E-state index in [-0.39, 0.29) is 24.3 Å². The first-order valence-corrected chi connectivity index (χ1v) is 10.2. The SMILES string of the molecule is Cc1ccc(C(C)C)c(OCCN2C(=O)S/C(=C\c3ccsc3)C2=O)c1. The first-order valence-electron chi connectivity index (χ1n) is 8.46. The first-order chi connectivity index (χ1) is 12.5. The van der Waals surface area contributed by atoms with E-state index >= 15 is 0 Å². The van der Waals surface area contributed by atoms with Crippen LogP contribution in [0.25, 0.3) is 6.08 Å². The molecule has 0 N–H and O–H groups in total. The highest BCUT2D eigenvalue weighted by Gasteiger charge is 2.34. The molecule has 0 saturated carbocycles. The summed E-state index contributed by atoms with van der Waals surface area (Å²) in [7, 11) is 0. The van der Waals surface area contributed by atoms with E-state index in [4.69, 9.17) is 4.74 Å². The van der Waals surface area contributed by atoms with E-state index in [0.29, 0.717) is 10.8 Å². The van der Waals surface area contributed by atoms with Crippen molar-refractivity contribution in [2.24, 2.45) is 0 Å². The average Bonchev–Trinajstić information content (AvgIpc) is 3.18. The van der Waals surface area contributed by atoms with Gasteiger partial charge in [0, 0.05) is 0 Å². The highest BCUT2D eigenvalue weighted by Crippen LogP contribution is 2.32. The van der Waals surface area contributed by atoms with Gasteiger partial charge in [-0.2, -0.15) is 11.3 Å². The maximum absolute atomic E-state index is 12.5. The second-order valence-electron chi connectivity index (χ2n) is 6.43. The molecule has 26 heavy (non-hydrogen) atoms. The van der Waals surface area contributed by atoms with Crippen LogP contribution in [-0.2, 0) is 4.79 Å². The van der Waals surface area contributed by atoms with Gasteiger partial charge in [0.25, 0.3) is 11.1 Å². The topological polar surface area (TPSA) is 46.6 Å². The number of amides is 2. The molecule has 2 heterocycles. The second kappa shape index (κ2) is 8.10. The van der Waals surface area contributed by atoms with Gasteiger partial charge in [0.1, 0.15) is 12.4 Å². The van der Waals surface area contributed by atoms with Crippen molar-refractivity contribution in [3.8, 4) is 5.75 Å². The van der Waals surface area contributed by atoms with E-state index in [2.05, 4.69) is 26.0 Å². The van der Waals surface area contributed by atoms with Crippen LogP contribution < -0.4 is 4.74 Å². The fourth-order valence-electron chi connectivity index (χ4n) is 2.69. The zero-order valence-corrected chi connectivity index (χ0v) is 16.7. The molecule has 0 radical (unpaired) electrons. The van der Waals surface area contributed by atoms with Crippen LogP contribution in [0.3, 0.4) is 0 Å². The lowest BCUT2D eigenvalue weighted by Crippen LogP contribution is -2.32. The van der Waals surface area contributed by atoms with Crippen LogP contribution in [0, 0.1) is 6.92 Å². The molecule has 2 aromatic rings. The zero-order chi connectivity index (χ0) is 18.7. The normalized spacial score (nSPS) is 16.2. The molecule has 0 unspecified atom stereocenters. The van der Waals surface area contributed by atoms with Gasteiger partial charge in [-0.3, -0.25) is 14.5 Å². The molecule has 0 bridgehead atoms. The van der Waals surface area contributed by atoms with Gasteiger partial charge in [0.2, 0.25) is 0 Å². The second-order valence-corrected chi connectivity index (χ2v) is 8.21. The van der Waals surface area contributed by atoms with Gasteiger partial charge in [-0.15, -0.1) is 0 Å². The Balaban J connectivity index is 1.65. The number of carbonyl (C=O) groups excluding carboxylic acids is 2. The lowest BCUT2D eigenvalue weighted by atomic mass is 10.0. The van der Waals surface area contributed by atoms with E-state index in [0.717, 1.165) is 34.2 Å². The lowest BCUT2D eigenvalue weighted by Gasteiger charge is -2.17. The summed E-state index contributed by atoms with van der Waals surface area (Å²) in [6, 6.07) is 8.06. The molecule has 0 spiro atoms. The summed E-state index contributed by atoms with van der Waals surface area (Å²) in [4.78, 5) is 26.4. The molecule has 0 atom stereocenters. The Morgan fingerprint density at radius 3 is 2.73 bits per heavy atom. The molecule has 1 aliphatic rings. The number of hydrogen-bond acceptors (Lipinski definition) is 5. The minimum atomic E-state index is -0.247. The molecule has 136 valence electrons. The number of aryl methyl sites for hydroxylation is 1. The molecule has 1 fully saturated rings. The van der Waals surface area contributed by atoms with Gasteiger partial charge in [0.05, 0.1) is 11.4 Å². The van der Waals surface area contributed by atoms with Crippen molar-refractivity contribution in [1.29, 1.82) is 0 Å². The van der Waals surface area contributed by atoms with E-state index in [1.54, 1.807) is 17.4 Å². The number of rotatable bonds is 6. The van der Waals surface area contributed by atoms with Gasteiger partial charge >= 0.3 is 0 Å². The third kappa shape index (κ3) is 4.19. The smallest absolute Gasteiger partial charge is 0.293 e. The summed E-state index contributed by atoms with van der Waals surface area (Å²) in [5.41, 5.74) is 3.19. The molecule has 1 aliphatic heterocycles. The van der Waals surface area contributed by atoms with Crippen molar-refractivity contribution < 1.29 is 14.3 Å². The number of thioether (sulfide) groups is 1. The van der Waals surface area contributed by atoms with Crippen molar-refractivity contribution >= 4 is 40.3 Å². The Morgan fingerprint density at radius 2 is 2.04 bits per heavy atom. The lowest BCUT2D eigenvalue weighted by molar-refractivity contribution is -0.123. The fraction of sp³-hybridized carbons (Fsp3) is 0.300. The van der Waals surface area contributed by atoms with Gasteiger partial charge < -0.3 is 4.74 Å². The fourth-order valence-corrected chi connectivity index (χ4v) is 4.17. The van der Waals surface area contributed by atoms with Crippen LogP contribution in [0.4, 0.5) is 4.79 Å². The number of thiophene rings is 1. The van der Waals surface area contributed by atoms with E-state index in [1.807, 2.05) is 29.8 Å². The molecule has 1 aromatic heterocycles. The highest BCUT2D eigenvalue weighted by molar-refractivity contribution is 8.18. The summed E-state index contributed by atoms with van der Waals surface area (Å²) in [5, 5.41) is 3.65. The van der Waals surface area contributed by atoms with Crippen LogP contribution >= 0.6 is 23.1 Å². The molecule has 6 heteroatoms. The monoisotopic (exact) mass is 387 g/mol. The maximum atomic E-state index is 12.5. The number of benzene rings is 1. The molecule has 2 amide bonds. The van der Waals surface area contributed by atoms with Gasteiger partial charge in [0.15, 0.2) is 0 Å². The van der Waals surface area contributed by atoms with Crippen molar-refractivity contribution in [3.05, 3.63) is 56.6 Å². The molecular weight excluding hydrogens is 366 g/mol. The third-order valence-electron chi connectivity index (χ3n) is 4.08. The molecule has 0 aliphatic carbocycles. The summed E-state index contributed by atoms with van der Waals surface area (Å²) >= 11 is 2.54. The van der Waals surface area contributed by atoms with Crippen molar-refractivity contribution in [1.82, 2.24) is 4.90 Å². The average molecular weight is 388 g/mol. The molecule has 1 saturated heterocycles. The van der Waals surface area contributed by atoms with Crippen LogP contribution in [0.5, 0.6) is 5.75 Å². The first kappa shape index (κ1) is 18.7. The quantitative estimate of drug-likeness (QED) is 0.632. The van der Waals surface area contributed by atoms with Crippen molar-refractivity contribution in [3.63, 3.8) is 0 Å². The van der Waals surface area contributed by atoms with Crippen LogP contribution in [0.1, 0.15) is 36.5 Å². The predicted octanol–water partition coefficient (Wildman–Crippen LogP) is 5.30. The van der Waals surface area contributed by atoms with Crippen LogP contribution in [0.15, 0.2) is 39.9 Å². The largest absolute Gasteiger partial charge is 0.491 e. The van der Waals surface area contributed by atoms with E-state index in [9.17, 15) is 9.59 Å². The summed E-state index contributed by atoms with van der Waals surface area (Å²) in [5.74, 6) is 0.917. The minimum absolute atomic E-state index is 0.242. The number of ether oxygens (including phenoxy) is 1. The minimum Gasteiger partial charge on any atom is -0.491 e. The van der Waals surface area contributed by atoms with Gasteiger partial charge in [-0.1, -0.05) is 26.0 Å².